The van der Waals surface area contributed by atoms with Gasteiger partial charge in [0, 0.05) is 29.8 Å². The molecular weight excluding hydrogens is 410 g/mol. The molecule has 0 bridgehead atoms. The average Bonchev–Trinajstić information content (AvgIpc) is 3.30. The van der Waals surface area contributed by atoms with Gasteiger partial charge < -0.3 is 14.6 Å². The number of methoxy groups -OCH3 is 1. The number of nitrogens with one attached hydrogen (secondary N) is 1. The molecule has 1 amide bonds. The van der Waals surface area contributed by atoms with Gasteiger partial charge >= 0.3 is 0 Å². The predicted octanol–water partition coefficient (Wildman–Crippen LogP) is 4.15. The molecule has 0 aliphatic rings. The summed E-state index contributed by atoms with van der Waals surface area (Å²) in [6.07, 6.45) is 0.619. The maximum Gasteiger partial charge on any atom is 0.258 e. The first-order chi connectivity index (χ1) is 15.1. The Morgan fingerprint density at radius 1 is 1.06 bits per heavy atom. The van der Waals surface area contributed by atoms with Crippen LogP contribution in [0.5, 0.6) is 5.75 Å². The first-order valence-electron chi connectivity index (χ1n) is 10.0. The van der Waals surface area contributed by atoms with Crippen molar-refractivity contribution in [1.29, 1.82) is 0 Å². The summed E-state index contributed by atoms with van der Waals surface area (Å²) < 4.78 is 5.46. The van der Waals surface area contributed by atoms with Crippen LogP contribution in [-0.2, 0) is 24.3 Å². The van der Waals surface area contributed by atoms with Gasteiger partial charge in [-0.3, -0.25) is 9.59 Å². The molecule has 0 radical (unpaired) electrons. The monoisotopic (exact) mass is 433 g/mol. The number of rotatable bonds is 8. The molecule has 4 rings (SSSR count). The molecule has 0 saturated heterocycles. The molecule has 31 heavy (non-hydrogen) atoms. The van der Waals surface area contributed by atoms with Crippen LogP contribution in [0.15, 0.2) is 70.8 Å². The third-order valence-corrected chi connectivity index (χ3v) is 5.93. The van der Waals surface area contributed by atoms with Crippen LogP contribution >= 0.6 is 11.3 Å². The van der Waals surface area contributed by atoms with E-state index in [0.717, 1.165) is 16.2 Å². The number of aryl methyl sites for hydroxylation is 1. The van der Waals surface area contributed by atoms with Crippen molar-refractivity contribution in [3.8, 4) is 5.75 Å². The molecular formula is C24H23N3O3S. The van der Waals surface area contributed by atoms with Crippen LogP contribution < -0.4 is 10.3 Å². The number of aromatic nitrogens is 2. The van der Waals surface area contributed by atoms with Crippen molar-refractivity contribution in [2.45, 2.75) is 25.9 Å². The number of carbonyl (C=O) groups is 1. The first kappa shape index (κ1) is 20.8. The Bertz CT molecular complexity index is 1230. The van der Waals surface area contributed by atoms with Gasteiger partial charge in [-0.2, -0.15) is 0 Å². The lowest BCUT2D eigenvalue weighted by molar-refractivity contribution is -0.132. The number of H-pyrrole nitrogens is 1. The number of thiophene rings is 1. The zero-order valence-electron chi connectivity index (χ0n) is 17.2. The lowest BCUT2D eigenvalue weighted by Gasteiger charge is -2.23. The third-order valence-electron chi connectivity index (χ3n) is 5.07. The van der Waals surface area contributed by atoms with Gasteiger partial charge in [-0.25, -0.2) is 4.98 Å². The molecule has 0 saturated carbocycles. The van der Waals surface area contributed by atoms with Crippen molar-refractivity contribution >= 4 is 28.1 Å². The van der Waals surface area contributed by atoms with Gasteiger partial charge in [-0.1, -0.05) is 36.4 Å². The van der Waals surface area contributed by atoms with E-state index in [-0.39, 0.29) is 17.9 Å². The van der Waals surface area contributed by atoms with Crippen molar-refractivity contribution < 1.29 is 9.53 Å². The van der Waals surface area contributed by atoms with Crippen LogP contribution in [0.2, 0.25) is 0 Å². The molecule has 158 valence electrons. The standard InChI is InChI=1S/C24H23N3O3S/c1-30-21-11-5-2-7-17(21)15-27(16-18-8-6-14-31-18)23(28)13-12-22-25-20-10-4-3-9-19(20)24(29)26-22/h2-11,14H,12-13,15-16H2,1H3,(H,25,26,29). The first-order valence-corrected chi connectivity index (χ1v) is 10.9. The highest BCUT2D eigenvalue weighted by Gasteiger charge is 2.18. The molecule has 0 aliphatic heterocycles. The minimum atomic E-state index is -0.183. The molecule has 0 aliphatic carbocycles. The van der Waals surface area contributed by atoms with Gasteiger partial charge in [0.25, 0.3) is 5.56 Å². The Kier molecular flexibility index (Phi) is 6.43. The Hall–Kier alpha value is -3.45. The van der Waals surface area contributed by atoms with Gasteiger partial charge in [0.2, 0.25) is 5.91 Å². The summed E-state index contributed by atoms with van der Waals surface area (Å²) in [6, 6.07) is 18.9. The number of para-hydroxylation sites is 2. The van der Waals surface area contributed by atoms with Gasteiger partial charge in [-0.05, 0) is 29.6 Å². The van der Waals surface area contributed by atoms with E-state index in [4.69, 9.17) is 4.74 Å². The molecule has 1 N–H and O–H groups in total. The summed E-state index contributed by atoms with van der Waals surface area (Å²) in [6.45, 7) is 0.971. The van der Waals surface area contributed by atoms with E-state index >= 15 is 0 Å². The highest BCUT2D eigenvalue weighted by molar-refractivity contribution is 7.09. The van der Waals surface area contributed by atoms with Crippen molar-refractivity contribution in [3.63, 3.8) is 0 Å². The van der Waals surface area contributed by atoms with Crippen molar-refractivity contribution in [3.05, 3.63) is 92.7 Å². The molecule has 0 unspecified atom stereocenters. The quantitative estimate of drug-likeness (QED) is 0.453. The summed E-state index contributed by atoms with van der Waals surface area (Å²) in [7, 11) is 1.63. The summed E-state index contributed by atoms with van der Waals surface area (Å²) >= 11 is 1.62. The summed E-state index contributed by atoms with van der Waals surface area (Å²) in [5.74, 6) is 1.27. The van der Waals surface area contributed by atoms with E-state index < -0.39 is 0 Å². The fourth-order valence-electron chi connectivity index (χ4n) is 3.50. The van der Waals surface area contributed by atoms with E-state index in [0.29, 0.717) is 36.2 Å². The zero-order chi connectivity index (χ0) is 21.6. The van der Waals surface area contributed by atoms with Crippen LogP contribution in [0, 0.1) is 0 Å². The second-order valence-electron chi connectivity index (χ2n) is 7.17. The maximum absolute atomic E-state index is 13.2. The minimum Gasteiger partial charge on any atom is -0.496 e. The molecule has 0 spiro atoms. The number of amides is 1. The topological polar surface area (TPSA) is 75.3 Å². The number of aromatic amines is 1. The normalized spacial score (nSPS) is 10.9. The number of hydrogen-bond acceptors (Lipinski definition) is 5. The molecule has 7 heteroatoms. The summed E-state index contributed by atoms with van der Waals surface area (Å²) in [4.78, 5) is 35.7. The Morgan fingerprint density at radius 3 is 2.68 bits per heavy atom. The van der Waals surface area contributed by atoms with Crippen LogP contribution in [-0.4, -0.2) is 27.9 Å². The number of fused-ring (bicyclic) bond motifs is 1. The fraction of sp³-hybridized carbons (Fsp3) is 0.208. The molecule has 0 fully saturated rings. The zero-order valence-corrected chi connectivity index (χ0v) is 18.0. The maximum atomic E-state index is 13.2. The smallest absolute Gasteiger partial charge is 0.258 e. The lowest BCUT2D eigenvalue weighted by Crippen LogP contribution is -2.30. The van der Waals surface area contributed by atoms with E-state index in [1.54, 1.807) is 30.6 Å². The average molecular weight is 434 g/mol. The number of hydrogen-bond donors (Lipinski definition) is 1. The number of ether oxygens (including phenoxy) is 1. The predicted molar refractivity (Wildman–Crippen MR) is 122 cm³/mol. The minimum absolute atomic E-state index is 0.00452. The van der Waals surface area contributed by atoms with Crippen LogP contribution in [0.25, 0.3) is 10.9 Å². The fourth-order valence-corrected chi connectivity index (χ4v) is 4.22. The van der Waals surface area contributed by atoms with Crippen LogP contribution in [0.1, 0.15) is 22.7 Å². The van der Waals surface area contributed by atoms with E-state index in [2.05, 4.69) is 9.97 Å². The SMILES string of the molecule is COc1ccccc1CN(Cc1cccs1)C(=O)CCc1nc2ccccc2c(=O)[nH]1. The molecule has 4 aromatic rings. The van der Waals surface area contributed by atoms with Gasteiger partial charge in [0.15, 0.2) is 0 Å². The molecule has 2 aromatic heterocycles. The van der Waals surface area contributed by atoms with E-state index in [9.17, 15) is 9.59 Å². The number of carbonyl (C=O) groups excluding carboxylic acids is 1. The lowest BCUT2D eigenvalue weighted by atomic mass is 10.1. The van der Waals surface area contributed by atoms with Crippen LogP contribution in [0.3, 0.4) is 0 Å². The van der Waals surface area contributed by atoms with Gasteiger partial charge in [-0.15, -0.1) is 11.3 Å². The summed E-state index contributed by atoms with van der Waals surface area (Å²) in [5, 5.41) is 2.55. The second-order valence-corrected chi connectivity index (χ2v) is 8.20. The molecule has 2 aromatic carbocycles. The van der Waals surface area contributed by atoms with E-state index in [1.807, 2.05) is 58.8 Å². The Balaban J connectivity index is 1.52. The van der Waals surface area contributed by atoms with Crippen molar-refractivity contribution in [2.24, 2.45) is 0 Å². The third kappa shape index (κ3) is 5.00. The van der Waals surface area contributed by atoms with Crippen molar-refractivity contribution in [1.82, 2.24) is 14.9 Å². The highest BCUT2D eigenvalue weighted by atomic mass is 32.1. The largest absolute Gasteiger partial charge is 0.496 e. The molecule has 0 atom stereocenters. The molecule has 6 nitrogen and oxygen atoms in total. The number of benzene rings is 2. The number of nitrogens with zero attached hydrogens (tertiary/aromatic N) is 2. The Labute approximate surface area is 184 Å². The van der Waals surface area contributed by atoms with Crippen molar-refractivity contribution in [2.75, 3.05) is 7.11 Å². The van der Waals surface area contributed by atoms with Gasteiger partial charge in [0.05, 0.1) is 24.6 Å². The summed E-state index contributed by atoms with van der Waals surface area (Å²) in [5.41, 5.74) is 1.41. The highest BCUT2D eigenvalue weighted by Crippen LogP contribution is 2.22. The van der Waals surface area contributed by atoms with Crippen LogP contribution in [0.4, 0.5) is 0 Å². The Morgan fingerprint density at radius 2 is 1.87 bits per heavy atom. The van der Waals surface area contributed by atoms with E-state index in [1.165, 1.54) is 0 Å². The molecule has 2 heterocycles. The van der Waals surface area contributed by atoms with Gasteiger partial charge in [0.1, 0.15) is 11.6 Å². The second kappa shape index (κ2) is 9.57.